The normalized spacial score (nSPS) is 14.8. The third-order valence-corrected chi connectivity index (χ3v) is 3.12. The van der Waals surface area contributed by atoms with E-state index in [9.17, 15) is 18.4 Å². The monoisotopic (exact) mass is 251 g/mol. The van der Waals surface area contributed by atoms with Crippen LogP contribution in [-0.4, -0.2) is 41.9 Å². The number of rotatable bonds is 6. The van der Waals surface area contributed by atoms with E-state index in [1.165, 1.54) is 14.0 Å². The lowest BCUT2D eigenvalue weighted by Crippen LogP contribution is -2.41. The van der Waals surface area contributed by atoms with Crippen molar-refractivity contribution in [1.82, 2.24) is 4.90 Å². The number of carbonyl (C=O) groups excluding carboxylic acids is 1. The molecule has 0 rings (SSSR count). The Kier molecular flexibility index (Phi) is 5.51. The second-order valence-corrected chi connectivity index (χ2v) is 4.72. The lowest BCUT2D eigenvalue weighted by Gasteiger charge is -2.30. The number of amides is 1. The van der Waals surface area contributed by atoms with Crippen molar-refractivity contribution in [1.29, 1.82) is 0 Å². The molecule has 0 saturated heterocycles. The highest BCUT2D eigenvalue weighted by molar-refractivity contribution is 5.84. The van der Waals surface area contributed by atoms with Crippen molar-refractivity contribution in [2.45, 2.75) is 33.6 Å². The smallest absolute Gasteiger partial charge is 0.310 e. The highest BCUT2D eigenvalue weighted by Gasteiger charge is 2.39. The maximum Gasteiger partial charge on any atom is 0.310 e. The molecule has 0 aliphatic rings. The van der Waals surface area contributed by atoms with Crippen LogP contribution >= 0.6 is 0 Å². The molecule has 0 heterocycles. The van der Waals surface area contributed by atoms with Gasteiger partial charge in [-0.15, -0.1) is 0 Å². The van der Waals surface area contributed by atoms with Crippen molar-refractivity contribution in [2.24, 2.45) is 11.3 Å². The minimum absolute atomic E-state index is 0.260. The van der Waals surface area contributed by atoms with Gasteiger partial charge in [0.25, 0.3) is 6.43 Å². The van der Waals surface area contributed by atoms with Crippen molar-refractivity contribution in [3.63, 3.8) is 0 Å². The van der Waals surface area contributed by atoms with Crippen LogP contribution in [0.25, 0.3) is 0 Å². The number of carboxylic acids is 1. The van der Waals surface area contributed by atoms with Gasteiger partial charge in [-0.05, 0) is 12.8 Å². The summed E-state index contributed by atoms with van der Waals surface area (Å²) in [5.74, 6) is -1.93. The van der Waals surface area contributed by atoms with Gasteiger partial charge in [0.15, 0.2) is 0 Å². The third-order valence-electron chi connectivity index (χ3n) is 3.12. The summed E-state index contributed by atoms with van der Waals surface area (Å²) in [5, 5.41) is 9.10. The molecule has 100 valence electrons. The first-order valence-corrected chi connectivity index (χ1v) is 5.36. The van der Waals surface area contributed by atoms with Crippen molar-refractivity contribution >= 4 is 11.9 Å². The van der Waals surface area contributed by atoms with E-state index in [0.717, 1.165) is 4.90 Å². The fourth-order valence-corrected chi connectivity index (χ4v) is 1.28. The van der Waals surface area contributed by atoms with E-state index in [1.54, 1.807) is 13.8 Å². The molecule has 1 atom stereocenters. The van der Waals surface area contributed by atoms with Crippen LogP contribution in [0.5, 0.6) is 0 Å². The SMILES string of the molecule is CC(C)C(C)(CC(=O)N(C)CC(F)F)C(=O)O. The molecule has 0 radical (unpaired) electrons. The highest BCUT2D eigenvalue weighted by Crippen LogP contribution is 2.31. The standard InChI is InChI=1S/C11H19F2NO3/c1-7(2)11(3,10(16)17)5-9(15)14(4)6-8(12)13/h7-8H,5-6H2,1-4H3,(H,16,17). The van der Waals surface area contributed by atoms with Crippen LogP contribution < -0.4 is 0 Å². The average Bonchev–Trinajstić information content (AvgIpc) is 2.15. The fourth-order valence-electron chi connectivity index (χ4n) is 1.28. The molecule has 0 fully saturated rings. The minimum Gasteiger partial charge on any atom is -0.481 e. The molecule has 1 N–H and O–H groups in total. The van der Waals surface area contributed by atoms with Gasteiger partial charge < -0.3 is 10.0 Å². The molecule has 17 heavy (non-hydrogen) atoms. The summed E-state index contributed by atoms with van der Waals surface area (Å²) in [7, 11) is 1.25. The largest absolute Gasteiger partial charge is 0.481 e. The first-order valence-electron chi connectivity index (χ1n) is 5.36. The average molecular weight is 251 g/mol. The predicted octanol–water partition coefficient (Wildman–Crippen LogP) is 1.85. The zero-order chi connectivity index (χ0) is 13.8. The molecule has 1 unspecified atom stereocenters. The molecule has 0 spiro atoms. The third kappa shape index (κ3) is 4.28. The van der Waals surface area contributed by atoms with E-state index in [0.29, 0.717) is 0 Å². The number of hydrogen-bond acceptors (Lipinski definition) is 2. The van der Waals surface area contributed by atoms with Gasteiger partial charge in [-0.3, -0.25) is 9.59 Å². The van der Waals surface area contributed by atoms with E-state index in [2.05, 4.69) is 0 Å². The van der Waals surface area contributed by atoms with Crippen LogP contribution in [0, 0.1) is 11.3 Å². The molecule has 1 amide bonds. The van der Waals surface area contributed by atoms with E-state index in [4.69, 9.17) is 5.11 Å². The van der Waals surface area contributed by atoms with E-state index >= 15 is 0 Å². The summed E-state index contributed by atoms with van der Waals surface area (Å²) >= 11 is 0. The Morgan fingerprint density at radius 1 is 1.35 bits per heavy atom. The molecule has 0 aromatic rings. The molecule has 0 aromatic heterocycles. The van der Waals surface area contributed by atoms with Gasteiger partial charge in [-0.25, -0.2) is 8.78 Å². The van der Waals surface area contributed by atoms with Crippen LogP contribution in [0.4, 0.5) is 8.78 Å². The Bertz CT molecular complexity index is 294. The molecule has 0 aliphatic carbocycles. The Morgan fingerprint density at radius 3 is 2.12 bits per heavy atom. The fraction of sp³-hybridized carbons (Fsp3) is 0.818. The van der Waals surface area contributed by atoms with Crippen LogP contribution in [0.1, 0.15) is 27.2 Å². The zero-order valence-electron chi connectivity index (χ0n) is 10.5. The summed E-state index contributed by atoms with van der Waals surface area (Å²) in [6.07, 6.45) is -2.89. The maximum absolute atomic E-state index is 12.1. The van der Waals surface area contributed by atoms with E-state index in [-0.39, 0.29) is 12.3 Å². The molecule has 0 aromatic carbocycles. The molecule has 4 nitrogen and oxygen atoms in total. The highest BCUT2D eigenvalue weighted by atomic mass is 19.3. The lowest BCUT2D eigenvalue weighted by molar-refractivity contribution is -0.155. The van der Waals surface area contributed by atoms with Gasteiger partial charge >= 0.3 is 5.97 Å². The van der Waals surface area contributed by atoms with Gasteiger partial charge in [0, 0.05) is 13.5 Å². The van der Waals surface area contributed by atoms with Crippen LogP contribution in [0.15, 0.2) is 0 Å². The molecule has 6 heteroatoms. The molecular formula is C11H19F2NO3. The number of nitrogens with zero attached hydrogens (tertiary/aromatic N) is 1. The number of aliphatic carboxylic acids is 1. The van der Waals surface area contributed by atoms with Gasteiger partial charge in [0.2, 0.25) is 5.91 Å². The summed E-state index contributed by atoms with van der Waals surface area (Å²) in [5.41, 5.74) is -1.23. The second-order valence-electron chi connectivity index (χ2n) is 4.72. The van der Waals surface area contributed by atoms with Gasteiger partial charge in [-0.2, -0.15) is 0 Å². The number of alkyl halides is 2. The van der Waals surface area contributed by atoms with Crippen LogP contribution in [0.3, 0.4) is 0 Å². The topological polar surface area (TPSA) is 57.6 Å². The summed E-state index contributed by atoms with van der Waals surface area (Å²) in [4.78, 5) is 23.6. The van der Waals surface area contributed by atoms with Crippen molar-refractivity contribution in [3.8, 4) is 0 Å². The van der Waals surface area contributed by atoms with E-state index in [1.807, 2.05) is 0 Å². The van der Waals surface area contributed by atoms with Crippen molar-refractivity contribution in [3.05, 3.63) is 0 Å². The molecule has 0 saturated carbocycles. The van der Waals surface area contributed by atoms with Crippen LogP contribution in [-0.2, 0) is 9.59 Å². The maximum atomic E-state index is 12.1. The van der Waals surface area contributed by atoms with Gasteiger partial charge in [0.1, 0.15) is 0 Å². The van der Waals surface area contributed by atoms with Crippen molar-refractivity contribution < 1.29 is 23.5 Å². The number of carbonyl (C=O) groups is 2. The Balaban J connectivity index is 4.69. The Hall–Kier alpha value is -1.20. The van der Waals surface area contributed by atoms with Gasteiger partial charge in [-0.1, -0.05) is 13.8 Å². The van der Waals surface area contributed by atoms with Gasteiger partial charge in [0.05, 0.1) is 12.0 Å². The first kappa shape index (κ1) is 15.8. The molecule has 0 bridgehead atoms. The Morgan fingerprint density at radius 2 is 1.82 bits per heavy atom. The number of hydrogen-bond donors (Lipinski definition) is 1. The number of halogens is 2. The van der Waals surface area contributed by atoms with E-state index < -0.39 is 30.3 Å². The summed E-state index contributed by atoms with van der Waals surface area (Å²) in [6, 6.07) is 0. The predicted molar refractivity (Wildman–Crippen MR) is 58.8 cm³/mol. The summed E-state index contributed by atoms with van der Waals surface area (Å²) in [6.45, 7) is 4.16. The number of carboxylic acid groups (broad SMARTS) is 1. The van der Waals surface area contributed by atoms with Crippen molar-refractivity contribution in [2.75, 3.05) is 13.6 Å². The minimum atomic E-state index is -2.61. The summed E-state index contributed by atoms with van der Waals surface area (Å²) < 4.78 is 24.2. The second kappa shape index (κ2) is 5.93. The Labute approximate surface area is 99.6 Å². The lowest BCUT2D eigenvalue weighted by atomic mass is 9.76. The molecular weight excluding hydrogens is 232 g/mol. The quantitative estimate of drug-likeness (QED) is 0.783. The zero-order valence-corrected chi connectivity index (χ0v) is 10.5. The van der Waals surface area contributed by atoms with Crippen LogP contribution in [0.2, 0.25) is 0 Å². The first-order chi connectivity index (χ1) is 7.61. The molecule has 0 aliphatic heterocycles.